The van der Waals surface area contributed by atoms with Crippen LogP contribution in [0.2, 0.25) is 0 Å². The fourth-order valence-electron chi connectivity index (χ4n) is 2.70. The molecule has 3 rings (SSSR count). The Morgan fingerprint density at radius 2 is 2.00 bits per heavy atom. The minimum atomic E-state index is 0.359. The minimum absolute atomic E-state index is 0.359. The molecule has 0 saturated carbocycles. The largest absolute Gasteiger partial charge is 0.368 e. The highest BCUT2D eigenvalue weighted by atomic mass is 15.2. The fourth-order valence-corrected chi connectivity index (χ4v) is 2.70. The molecule has 98 valence electrons. The van der Waals surface area contributed by atoms with Crippen molar-refractivity contribution in [2.75, 3.05) is 23.7 Å². The molecule has 0 radical (unpaired) electrons. The molecule has 2 aromatic rings. The summed E-state index contributed by atoms with van der Waals surface area (Å²) in [6.07, 6.45) is 1.16. The third-order valence-corrected chi connectivity index (χ3v) is 3.64. The Morgan fingerprint density at radius 3 is 2.74 bits per heavy atom. The summed E-state index contributed by atoms with van der Waals surface area (Å²) in [5, 5.41) is 0. The van der Waals surface area contributed by atoms with E-state index >= 15 is 0 Å². The summed E-state index contributed by atoms with van der Waals surface area (Å²) in [6.45, 7) is 3.97. The second kappa shape index (κ2) is 4.88. The number of aryl methyl sites for hydroxylation is 1. The summed E-state index contributed by atoms with van der Waals surface area (Å²) in [4.78, 5) is 10.8. The second-order valence-electron chi connectivity index (χ2n) is 5.07. The molecule has 1 aromatic carbocycles. The van der Waals surface area contributed by atoms with Crippen molar-refractivity contribution in [2.45, 2.75) is 19.3 Å². The van der Waals surface area contributed by atoms with Gasteiger partial charge in [0.05, 0.1) is 0 Å². The molecule has 1 unspecified atom stereocenters. The van der Waals surface area contributed by atoms with Gasteiger partial charge in [0.1, 0.15) is 5.82 Å². The van der Waals surface area contributed by atoms with Crippen LogP contribution in [0.3, 0.4) is 0 Å². The molecule has 4 nitrogen and oxygen atoms in total. The quantitative estimate of drug-likeness (QED) is 0.894. The highest BCUT2D eigenvalue weighted by Crippen LogP contribution is 2.30. The first-order valence-corrected chi connectivity index (χ1v) is 6.63. The predicted molar refractivity (Wildman–Crippen MR) is 77.2 cm³/mol. The molecule has 1 saturated heterocycles. The lowest BCUT2D eigenvalue weighted by Gasteiger charge is -2.18. The number of hydrogen-bond donors (Lipinski definition) is 1. The van der Waals surface area contributed by atoms with E-state index in [2.05, 4.69) is 45.2 Å². The Kier molecular flexibility index (Phi) is 3.07. The lowest BCUT2D eigenvalue weighted by Crippen LogP contribution is -2.21. The summed E-state index contributed by atoms with van der Waals surface area (Å²) in [6, 6.07) is 12.7. The average Bonchev–Trinajstić information content (AvgIpc) is 2.88. The van der Waals surface area contributed by atoms with Crippen molar-refractivity contribution in [3.63, 3.8) is 0 Å². The fraction of sp³-hybridized carbons (Fsp3) is 0.333. The summed E-state index contributed by atoms with van der Waals surface area (Å²) in [5.41, 5.74) is 8.05. The van der Waals surface area contributed by atoms with Crippen molar-refractivity contribution in [1.82, 2.24) is 9.97 Å². The van der Waals surface area contributed by atoms with Gasteiger partial charge in [0.15, 0.2) is 0 Å². The van der Waals surface area contributed by atoms with E-state index in [1.54, 1.807) is 0 Å². The molecule has 1 aliphatic heterocycles. The number of rotatable bonds is 2. The van der Waals surface area contributed by atoms with Crippen LogP contribution in [-0.2, 0) is 0 Å². The van der Waals surface area contributed by atoms with Crippen molar-refractivity contribution in [1.29, 1.82) is 0 Å². The average molecular weight is 254 g/mol. The van der Waals surface area contributed by atoms with E-state index in [-0.39, 0.29) is 0 Å². The molecular weight excluding hydrogens is 236 g/mol. The highest BCUT2D eigenvalue weighted by Gasteiger charge is 2.24. The smallest absolute Gasteiger partial charge is 0.222 e. The van der Waals surface area contributed by atoms with E-state index in [9.17, 15) is 0 Å². The Morgan fingerprint density at radius 1 is 1.21 bits per heavy atom. The van der Waals surface area contributed by atoms with E-state index in [0.717, 1.165) is 31.0 Å². The molecule has 2 N–H and O–H groups in total. The third kappa shape index (κ3) is 2.52. The maximum Gasteiger partial charge on any atom is 0.222 e. The van der Waals surface area contributed by atoms with Crippen LogP contribution in [0.15, 0.2) is 36.4 Å². The van der Waals surface area contributed by atoms with Crippen LogP contribution < -0.4 is 10.6 Å². The van der Waals surface area contributed by atoms with E-state index in [1.165, 1.54) is 5.56 Å². The minimum Gasteiger partial charge on any atom is -0.368 e. The number of hydrogen-bond acceptors (Lipinski definition) is 4. The first kappa shape index (κ1) is 12.0. The van der Waals surface area contributed by atoms with Gasteiger partial charge in [-0.15, -0.1) is 0 Å². The monoisotopic (exact) mass is 254 g/mol. The van der Waals surface area contributed by atoms with Gasteiger partial charge >= 0.3 is 0 Å². The number of anilines is 2. The Bertz CT molecular complexity index is 547. The summed E-state index contributed by atoms with van der Waals surface area (Å²) in [5.74, 6) is 1.89. The number of nitrogens with zero attached hydrogens (tertiary/aromatic N) is 3. The van der Waals surface area contributed by atoms with E-state index in [0.29, 0.717) is 11.9 Å². The lowest BCUT2D eigenvalue weighted by molar-refractivity contribution is 0.774. The van der Waals surface area contributed by atoms with E-state index in [1.807, 2.05) is 13.0 Å². The first-order chi connectivity index (χ1) is 9.22. The van der Waals surface area contributed by atoms with Crippen molar-refractivity contribution in [3.05, 3.63) is 47.7 Å². The van der Waals surface area contributed by atoms with Crippen molar-refractivity contribution in [3.8, 4) is 0 Å². The van der Waals surface area contributed by atoms with Gasteiger partial charge in [0.2, 0.25) is 5.95 Å². The van der Waals surface area contributed by atoms with Crippen LogP contribution in [0.1, 0.15) is 23.6 Å². The Hall–Kier alpha value is -2.10. The van der Waals surface area contributed by atoms with Gasteiger partial charge in [0.25, 0.3) is 0 Å². The van der Waals surface area contributed by atoms with Crippen LogP contribution in [0, 0.1) is 6.92 Å². The Balaban J connectivity index is 1.79. The van der Waals surface area contributed by atoms with Gasteiger partial charge in [-0.25, -0.2) is 4.98 Å². The molecule has 0 spiro atoms. The highest BCUT2D eigenvalue weighted by molar-refractivity contribution is 5.45. The van der Waals surface area contributed by atoms with Crippen molar-refractivity contribution >= 4 is 11.8 Å². The molecule has 2 heterocycles. The number of benzene rings is 1. The van der Waals surface area contributed by atoms with E-state index < -0.39 is 0 Å². The number of nitrogens with two attached hydrogens (primary N) is 1. The molecule has 19 heavy (non-hydrogen) atoms. The van der Waals surface area contributed by atoms with Crippen LogP contribution in [-0.4, -0.2) is 23.1 Å². The summed E-state index contributed by atoms with van der Waals surface area (Å²) >= 11 is 0. The molecule has 1 aliphatic rings. The predicted octanol–water partition coefficient (Wildman–Crippen LogP) is 2.36. The van der Waals surface area contributed by atoms with Crippen LogP contribution in [0.25, 0.3) is 0 Å². The number of aromatic nitrogens is 2. The normalized spacial score (nSPS) is 18.8. The van der Waals surface area contributed by atoms with Gasteiger partial charge < -0.3 is 10.6 Å². The van der Waals surface area contributed by atoms with Gasteiger partial charge in [-0.1, -0.05) is 30.3 Å². The first-order valence-electron chi connectivity index (χ1n) is 6.63. The van der Waals surface area contributed by atoms with E-state index in [4.69, 9.17) is 5.73 Å². The summed E-state index contributed by atoms with van der Waals surface area (Å²) in [7, 11) is 0. The van der Waals surface area contributed by atoms with Crippen LogP contribution in [0.4, 0.5) is 11.8 Å². The molecule has 1 aromatic heterocycles. The molecule has 0 aliphatic carbocycles. The lowest BCUT2D eigenvalue weighted by atomic mass is 9.99. The van der Waals surface area contributed by atoms with Gasteiger partial charge in [-0.05, 0) is 18.9 Å². The standard InChI is InChI=1S/C15H18N4/c1-11-9-14(18-15(16)17-11)19-8-7-13(10-19)12-5-3-2-4-6-12/h2-6,9,13H,7-8,10H2,1H3,(H2,16,17,18). The molecule has 0 bridgehead atoms. The van der Waals surface area contributed by atoms with Gasteiger partial charge in [-0.2, -0.15) is 4.98 Å². The zero-order valence-electron chi connectivity index (χ0n) is 11.1. The second-order valence-corrected chi connectivity index (χ2v) is 5.07. The topological polar surface area (TPSA) is 55.0 Å². The van der Waals surface area contributed by atoms with Crippen molar-refractivity contribution in [2.24, 2.45) is 0 Å². The van der Waals surface area contributed by atoms with Crippen LogP contribution in [0.5, 0.6) is 0 Å². The molecular formula is C15H18N4. The molecule has 0 amide bonds. The van der Waals surface area contributed by atoms with Gasteiger partial charge in [-0.3, -0.25) is 0 Å². The Labute approximate surface area is 113 Å². The summed E-state index contributed by atoms with van der Waals surface area (Å²) < 4.78 is 0. The van der Waals surface area contributed by atoms with Crippen LogP contribution >= 0.6 is 0 Å². The number of nitrogen functional groups attached to an aromatic ring is 1. The zero-order valence-corrected chi connectivity index (χ0v) is 11.1. The molecule has 1 atom stereocenters. The van der Waals surface area contributed by atoms with Crippen molar-refractivity contribution < 1.29 is 0 Å². The molecule has 1 fully saturated rings. The molecule has 4 heteroatoms. The maximum absolute atomic E-state index is 5.72. The van der Waals surface area contributed by atoms with Gasteiger partial charge in [0, 0.05) is 30.8 Å². The SMILES string of the molecule is Cc1cc(N2CCC(c3ccccc3)C2)nc(N)n1. The maximum atomic E-state index is 5.72. The third-order valence-electron chi connectivity index (χ3n) is 3.64. The zero-order chi connectivity index (χ0) is 13.2.